The molecule has 3 aromatic rings. The number of aromatic nitrogens is 3. The zero-order valence-corrected chi connectivity index (χ0v) is 19.7. The number of benzene rings is 1. The van der Waals surface area contributed by atoms with Crippen LogP contribution in [0.4, 0.5) is 18.0 Å². The number of hydrogen-bond donors (Lipinski definition) is 1. The van der Waals surface area contributed by atoms with Gasteiger partial charge in [-0.2, -0.15) is 13.2 Å². The molecule has 0 saturated carbocycles. The molecule has 0 saturated heterocycles. The number of hydrogen-bond acceptors (Lipinski definition) is 4. The molecule has 1 aromatic carbocycles. The van der Waals surface area contributed by atoms with Gasteiger partial charge >= 0.3 is 12.2 Å². The monoisotopic (exact) mass is 475 g/mol. The van der Waals surface area contributed by atoms with E-state index >= 15 is 0 Å². The second-order valence-corrected chi connectivity index (χ2v) is 8.09. The van der Waals surface area contributed by atoms with Crippen LogP contribution >= 0.6 is 0 Å². The molecule has 2 atom stereocenters. The minimum absolute atomic E-state index is 0.226. The third-order valence-corrected chi connectivity index (χ3v) is 5.40. The van der Waals surface area contributed by atoms with Gasteiger partial charge in [-0.15, -0.1) is 0 Å². The molecule has 2 unspecified atom stereocenters. The fraction of sp³-hybridized carbons (Fsp3) is 0.375. The number of nitrogens with zero attached hydrogens (tertiary/aromatic N) is 4. The Morgan fingerprint density at radius 1 is 1.32 bits per heavy atom. The second kappa shape index (κ2) is 10.1. The highest BCUT2D eigenvalue weighted by Crippen LogP contribution is 2.28. The minimum atomic E-state index is -4.59. The van der Waals surface area contributed by atoms with Crippen LogP contribution in [0.15, 0.2) is 54.5 Å². The van der Waals surface area contributed by atoms with E-state index in [0.717, 1.165) is 17.2 Å². The van der Waals surface area contributed by atoms with E-state index in [1.54, 1.807) is 44.5 Å². The van der Waals surface area contributed by atoms with Crippen molar-refractivity contribution in [2.24, 2.45) is 0 Å². The summed E-state index contributed by atoms with van der Waals surface area (Å²) in [7, 11) is 1.51. The van der Waals surface area contributed by atoms with Crippen molar-refractivity contribution in [3.05, 3.63) is 60.1 Å². The molecule has 0 bridgehead atoms. The van der Waals surface area contributed by atoms with E-state index in [1.807, 2.05) is 30.5 Å². The number of amides is 2. The average Bonchev–Trinajstić information content (AvgIpc) is 3.26. The number of fused-ring (bicyclic) bond motifs is 1. The first-order valence-corrected chi connectivity index (χ1v) is 10.8. The maximum absolute atomic E-state index is 13.4. The molecule has 3 rings (SSSR count). The van der Waals surface area contributed by atoms with Crippen molar-refractivity contribution in [2.45, 2.75) is 46.0 Å². The smallest absolute Gasteiger partial charge is 0.412 e. The number of nitrogens with one attached hydrogen (secondary N) is 1. The summed E-state index contributed by atoms with van der Waals surface area (Å²) >= 11 is 0. The van der Waals surface area contributed by atoms with E-state index in [1.165, 1.54) is 12.0 Å². The maximum Gasteiger partial charge on any atom is 0.412 e. The summed E-state index contributed by atoms with van der Waals surface area (Å²) in [6.45, 7) is 6.84. The molecule has 0 spiro atoms. The Kier molecular flexibility index (Phi) is 7.48. The molecule has 182 valence electrons. The van der Waals surface area contributed by atoms with Crippen LogP contribution in [0.5, 0.6) is 5.88 Å². The Balaban J connectivity index is 1.89. The molecular weight excluding hydrogens is 447 g/mol. The molecule has 7 nitrogen and oxygen atoms in total. The minimum Gasteiger partial charge on any atom is -0.478 e. The predicted molar refractivity (Wildman–Crippen MR) is 124 cm³/mol. The molecule has 2 aromatic heterocycles. The van der Waals surface area contributed by atoms with Gasteiger partial charge < -0.3 is 19.4 Å². The third kappa shape index (κ3) is 5.49. The van der Waals surface area contributed by atoms with Crippen molar-refractivity contribution >= 4 is 11.7 Å². The lowest BCUT2D eigenvalue weighted by atomic mass is 10.0. The summed E-state index contributed by atoms with van der Waals surface area (Å²) in [6, 6.07) is 4.05. The number of ether oxygens (including phenoxy) is 1. The predicted octanol–water partition coefficient (Wildman–Crippen LogP) is 5.39. The lowest BCUT2D eigenvalue weighted by molar-refractivity contribution is -0.142. The van der Waals surface area contributed by atoms with Gasteiger partial charge in [0.1, 0.15) is 6.04 Å². The number of urea groups is 1. The Hall–Kier alpha value is -3.56. The van der Waals surface area contributed by atoms with Gasteiger partial charge in [0, 0.05) is 30.7 Å². The maximum atomic E-state index is 13.4. The van der Waals surface area contributed by atoms with Crippen LogP contribution in [0.25, 0.3) is 16.9 Å². The van der Waals surface area contributed by atoms with Gasteiger partial charge in [-0.05, 0) is 39.3 Å². The summed E-state index contributed by atoms with van der Waals surface area (Å²) in [4.78, 5) is 22.9. The fourth-order valence-electron chi connectivity index (χ4n) is 3.68. The standard InChI is InChI=1S/C24H28F3N5O2/c1-6-32(23(33)30-20(12-15(2)3)24(25,26)27)16(4)17-8-7-9-18(13-17)19-14-31-11-10-28-21(31)22(29-19)34-5/h7-14,16,20H,6H2,1-5H3,(H,30,33). The van der Waals surface area contributed by atoms with Crippen LogP contribution in [0.2, 0.25) is 0 Å². The van der Waals surface area contributed by atoms with Crippen molar-refractivity contribution in [1.82, 2.24) is 24.6 Å². The largest absolute Gasteiger partial charge is 0.478 e. The fourth-order valence-corrected chi connectivity index (χ4v) is 3.68. The number of carbonyl (C=O) groups excluding carboxylic acids is 1. The van der Waals surface area contributed by atoms with Crippen LogP contribution in [-0.4, -0.2) is 51.2 Å². The quantitative estimate of drug-likeness (QED) is 0.465. The zero-order chi connectivity index (χ0) is 25.0. The summed E-state index contributed by atoms with van der Waals surface area (Å²) in [5.41, 5.74) is 3.20. The first-order chi connectivity index (χ1) is 16.0. The van der Waals surface area contributed by atoms with Crippen molar-refractivity contribution < 1.29 is 22.7 Å². The highest BCUT2D eigenvalue weighted by molar-refractivity contribution is 5.75. The highest BCUT2D eigenvalue weighted by Gasteiger charge is 2.40. The van der Waals surface area contributed by atoms with Crippen LogP contribution in [0.1, 0.15) is 39.3 Å². The lowest BCUT2D eigenvalue weighted by Crippen LogP contribution is -2.50. The molecule has 10 heteroatoms. The number of allylic oxidation sites excluding steroid dienone is 1. The number of rotatable bonds is 7. The summed E-state index contributed by atoms with van der Waals surface area (Å²) in [5, 5.41) is 2.11. The van der Waals surface area contributed by atoms with Gasteiger partial charge in [0.05, 0.1) is 18.8 Å². The number of carbonyl (C=O) groups is 1. The first kappa shape index (κ1) is 25.1. The Morgan fingerprint density at radius 3 is 2.68 bits per heavy atom. The summed E-state index contributed by atoms with van der Waals surface area (Å²) in [6.07, 6.45) is 1.64. The summed E-state index contributed by atoms with van der Waals surface area (Å²) < 4.78 is 47.4. The number of alkyl halides is 3. The van der Waals surface area contributed by atoms with E-state index in [9.17, 15) is 18.0 Å². The van der Waals surface area contributed by atoms with Crippen molar-refractivity contribution in [2.75, 3.05) is 13.7 Å². The van der Waals surface area contributed by atoms with Crippen LogP contribution in [0.3, 0.4) is 0 Å². The number of imidazole rings is 1. The van der Waals surface area contributed by atoms with E-state index in [2.05, 4.69) is 15.3 Å². The third-order valence-electron chi connectivity index (χ3n) is 5.40. The van der Waals surface area contributed by atoms with E-state index in [0.29, 0.717) is 22.8 Å². The molecule has 2 amide bonds. The van der Waals surface area contributed by atoms with Crippen molar-refractivity contribution in [3.8, 4) is 17.1 Å². The van der Waals surface area contributed by atoms with Gasteiger partial charge in [0.15, 0.2) is 5.65 Å². The average molecular weight is 476 g/mol. The molecule has 2 heterocycles. The van der Waals surface area contributed by atoms with Crippen molar-refractivity contribution in [1.29, 1.82) is 0 Å². The van der Waals surface area contributed by atoms with Crippen LogP contribution in [0, 0.1) is 0 Å². The van der Waals surface area contributed by atoms with Gasteiger partial charge in [-0.1, -0.05) is 29.8 Å². The molecule has 0 aliphatic carbocycles. The van der Waals surface area contributed by atoms with Gasteiger partial charge in [-0.3, -0.25) is 0 Å². The molecule has 0 aliphatic rings. The normalized spacial score (nSPS) is 13.3. The molecule has 34 heavy (non-hydrogen) atoms. The Labute approximate surface area is 196 Å². The Bertz CT molecular complexity index is 1180. The van der Waals surface area contributed by atoms with Gasteiger partial charge in [0.25, 0.3) is 5.88 Å². The first-order valence-electron chi connectivity index (χ1n) is 10.8. The molecular formula is C24H28F3N5O2. The summed E-state index contributed by atoms with van der Waals surface area (Å²) in [5.74, 6) is 0.368. The van der Waals surface area contributed by atoms with E-state index in [4.69, 9.17) is 4.74 Å². The van der Waals surface area contributed by atoms with E-state index in [-0.39, 0.29) is 6.54 Å². The highest BCUT2D eigenvalue weighted by atomic mass is 19.4. The second-order valence-electron chi connectivity index (χ2n) is 8.09. The number of methoxy groups -OCH3 is 1. The molecule has 1 N–H and O–H groups in total. The Morgan fingerprint density at radius 2 is 2.06 bits per heavy atom. The molecule has 0 aliphatic heterocycles. The SMILES string of the molecule is CCN(C(=O)NC(C=C(C)C)C(F)(F)F)C(C)c1cccc(-c2cn3ccnc3c(OC)n2)c1. The topological polar surface area (TPSA) is 71.8 Å². The lowest BCUT2D eigenvalue weighted by Gasteiger charge is -2.31. The molecule has 0 fully saturated rings. The van der Waals surface area contributed by atoms with Gasteiger partial charge in [-0.25, -0.2) is 14.8 Å². The van der Waals surface area contributed by atoms with Crippen LogP contribution < -0.4 is 10.1 Å². The van der Waals surface area contributed by atoms with Crippen LogP contribution in [-0.2, 0) is 0 Å². The number of halogens is 3. The molecule has 0 radical (unpaired) electrons. The van der Waals surface area contributed by atoms with Crippen molar-refractivity contribution in [3.63, 3.8) is 0 Å². The zero-order valence-electron chi connectivity index (χ0n) is 19.7. The van der Waals surface area contributed by atoms with Gasteiger partial charge in [0.2, 0.25) is 0 Å². The van der Waals surface area contributed by atoms with E-state index < -0.39 is 24.3 Å².